The van der Waals surface area contributed by atoms with E-state index in [0.29, 0.717) is 15.7 Å². The summed E-state index contributed by atoms with van der Waals surface area (Å²) < 4.78 is 0.745. The highest BCUT2D eigenvalue weighted by Crippen LogP contribution is 2.37. The molecule has 1 aliphatic carbocycles. The van der Waals surface area contributed by atoms with Crippen LogP contribution in [0.3, 0.4) is 0 Å². The molecule has 114 valence electrons. The molecule has 1 aromatic carbocycles. The average molecular weight is 390 g/mol. The summed E-state index contributed by atoms with van der Waals surface area (Å²) >= 11 is 14.5. The van der Waals surface area contributed by atoms with Crippen molar-refractivity contribution in [3.63, 3.8) is 0 Å². The molecule has 0 unspecified atom stereocenters. The van der Waals surface area contributed by atoms with Crippen molar-refractivity contribution in [3.05, 3.63) is 27.7 Å². The molecule has 1 saturated carbocycles. The number of rotatable bonds is 3. The summed E-state index contributed by atoms with van der Waals surface area (Å²) in [6, 6.07) is 5.26. The van der Waals surface area contributed by atoms with Crippen molar-refractivity contribution in [2.75, 3.05) is 5.32 Å². The van der Waals surface area contributed by atoms with E-state index in [1.807, 2.05) is 0 Å². The number of amides is 1. The van der Waals surface area contributed by atoms with Crippen LogP contribution >= 0.6 is 39.7 Å². The molecule has 1 fully saturated rings. The molecule has 1 aromatic rings. The second-order valence-corrected chi connectivity index (χ2v) is 7.17. The van der Waals surface area contributed by atoms with Gasteiger partial charge >= 0.3 is 0 Å². The van der Waals surface area contributed by atoms with Crippen LogP contribution in [0.2, 0.25) is 5.02 Å². The Morgan fingerprint density at radius 3 is 2.43 bits per heavy atom. The van der Waals surface area contributed by atoms with Crippen LogP contribution in [0.4, 0.5) is 5.69 Å². The van der Waals surface area contributed by atoms with Gasteiger partial charge in [0.05, 0.1) is 16.1 Å². The smallest absolute Gasteiger partial charge is 0.237 e. The van der Waals surface area contributed by atoms with E-state index in [9.17, 15) is 4.79 Å². The van der Waals surface area contributed by atoms with Gasteiger partial charge in [-0.25, -0.2) is 0 Å². The van der Waals surface area contributed by atoms with E-state index in [4.69, 9.17) is 29.6 Å². The summed E-state index contributed by atoms with van der Waals surface area (Å²) in [7, 11) is 0. The average Bonchev–Trinajstić information content (AvgIpc) is 2.68. The van der Waals surface area contributed by atoms with Gasteiger partial charge in [-0.05, 0) is 47.0 Å². The first-order valence-electron chi connectivity index (χ1n) is 7.02. The zero-order valence-corrected chi connectivity index (χ0v) is 14.8. The number of hydrogen-bond donors (Lipinski definition) is 2. The van der Waals surface area contributed by atoms with Crippen LogP contribution in [0.15, 0.2) is 22.7 Å². The van der Waals surface area contributed by atoms with Gasteiger partial charge in [-0.1, -0.05) is 49.5 Å². The minimum Gasteiger partial charge on any atom is -0.392 e. The summed E-state index contributed by atoms with van der Waals surface area (Å²) in [5, 5.41) is 3.55. The van der Waals surface area contributed by atoms with E-state index in [-0.39, 0.29) is 5.91 Å². The zero-order chi connectivity index (χ0) is 15.5. The molecule has 0 aliphatic heterocycles. The molecule has 0 heterocycles. The van der Waals surface area contributed by atoms with Gasteiger partial charge in [0.25, 0.3) is 0 Å². The molecular weight excluding hydrogens is 372 g/mol. The van der Waals surface area contributed by atoms with Crippen molar-refractivity contribution < 1.29 is 4.79 Å². The standard InChI is InChI=1S/C15H18BrClN2OS/c16-11-9-10(17)5-6-12(11)19-14(20)15(13(18)21)7-3-1-2-4-8-15/h5-6,9H,1-4,7-8H2,(H2,18,21)(H,19,20). The molecule has 2 rings (SSSR count). The van der Waals surface area contributed by atoms with Crippen molar-refractivity contribution >= 4 is 56.3 Å². The molecule has 1 amide bonds. The molecule has 0 radical (unpaired) electrons. The summed E-state index contributed by atoms with van der Waals surface area (Å²) in [5.41, 5.74) is 5.88. The first-order chi connectivity index (χ1) is 9.95. The topological polar surface area (TPSA) is 55.1 Å². The van der Waals surface area contributed by atoms with Crippen molar-refractivity contribution in [3.8, 4) is 0 Å². The minimum atomic E-state index is -0.731. The van der Waals surface area contributed by atoms with Gasteiger partial charge in [0.15, 0.2) is 0 Å². The third-order valence-electron chi connectivity index (χ3n) is 4.04. The van der Waals surface area contributed by atoms with Gasteiger partial charge in [-0.15, -0.1) is 0 Å². The van der Waals surface area contributed by atoms with E-state index in [2.05, 4.69) is 21.2 Å². The molecule has 0 spiro atoms. The Kier molecular flexibility index (Phi) is 5.63. The number of anilines is 1. The van der Waals surface area contributed by atoms with Crippen LogP contribution in [0.1, 0.15) is 38.5 Å². The van der Waals surface area contributed by atoms with E-state index < -0.39 is 5.41 Å². The zero-order valence-electron chi connectivity index (χ0n) is 11.6. The predicted molar refractivity (Wildman–Crippen MR) is 94.7 cm³/mol. The molecule has 3 N–H and O–H groups in total. The highest BCUT2D eigenvalue weighted by Gasteiger charge is 2.41. The summed E-state index contributed by atoms with van der Waals surface area (Å²) in [4.78, 5) is 13.1. The Bertz CT molecular complexity index is 557. The third kappa shape index (κ3) is 3.76. The maximum atomic E-state index is 12.8. The SMILES string of the molecule is NC(=S)C1(C(=O)Nc2ccc(Cl)cc2Br)CCCCCC1. The van der Waals surface area contributed by atoms with E-state index in [1.54, 1.807) is 18.2 Å². The summed E-state index contributed by atoms with van der Waals surface area (Å²) in [5.74, 6) is -0.111. The number of carbonyl (C=O) groups excluding carboxylic acids is 1. The molecule has 1 aliphatic rings. The van der Waals surface area contributed by atoms with Gasteiger partial charge in [0, 0.05) is 9.50 Å². The van der Waals surface area contributed by atoms with Gasteiger partial charge < -0.3 is 11.1 Å². The fraction of sp³-hybridized carbons (Fsp3) is 0.467. The monoisotopic (exact) mass is 388 g/mol. The van der Waals surface area contributed by atoms with Crippen LogP contribution in [-0.2, 0) is 4.79 Å². The molecule has 0 aromatic heterocycles. The normalized spacial score (nSPS) is 17.8. The van der Waals surface area contributed by atoms with Gasteiger partial charge in [0.1, 0.15) is 0 Å². The minimum absolute atomic E-state index is 0.111. The van der Waals surface area contributed by atoms with Gasteiger partial charge in [-0.3, -0.25) is 4.79 Å². The number of benzene rings is 1. The van der Waals surface area contributed by atoms with Crippen LogP contribution in [0.25, 0.3) is 0 Å². The van der Waals surface area contributed by atoms with Crippen LogP contribution in [0.5, 0.6) is 0 Å². The number of nitrogens with one attached hydrogen (secondary N) is 1. The fourth-order valence-corrected chi connectivity index (χ4v) is 3.83. The molecule has 3 nitrogen and oxygen atoms in total. The molecule has 21 heavy (non-hydrogen) atoms. The first kappa shape index (κ1) is 16.7. The lowest BCUT2D eigenvalue weighted by Crippen LogP contribution is -2.45. The lowest BCUT2D eigenvalue weighted by Gasteiger charge is -2.30. The maximum Gasteiger partial charge on any atom is 0.237 e. The van der Waals surface area contributed by atoms with Crippen molar-refractivity contribution in [1.29, 1.82) is 0 Å². The maximum absolute atomic E-state index is 12.8. The Labute approximate surface area is 143 Å². The van der Waals surface area contributed by atoms with Crippen LogP contribution in [-0.4, -0.2) is 10.9 Å². The van der Waals surface area contributed by atoms with Crippen molar-refractivity contribution in [2.24, 2.45) is 11.1 Å². The summed E-state index contributed by atoms with van der Waals surface area (Å²) in [6.45, 7) is 0. The number of halogens is 2. The number of carbonyl (C=O) groups is 1. The Morgan fingerprint density at radius 2 is 1.90 bits per heavy atom. The second kappa shape index (κ2) is 7.07. The highest BCUT2D eigenvalue weighted by atomic mass is 79.9. The van der Waals surface area contributed by atoms with Gasteiger partial charge in [-0.2, -0.15) is 0 Å². The Morgan fingerprint density at radius 1 is 1.29 bits per heavy atom. The van der Waals surface area contributed by atoms with E-state index in [1.165, 1.54) is 0 Å². The lowest BCUT2D eigenvalue weighted by atomic mass is 9.79. The molecule has 0 atom stereocenters. The third-order valence-corrected chi connectivity index (χ3v) is 5.32. The van der Waals surface area contributed by atoms with Gasteiger partial charge in [0.2, 0.25) is 5.91 Å². The first-order valence-corrected chi connectivity index (χ1v) is 8.60. The quantitative estimate of drug-likeness (QED) is 0.583. The molecule has 6 heteroatoms. The van der Waals surface area contributed by atoms with Crippen molar-refractivity contribution in [2.45, 2.75) is 38.5 Å². The van der Waals surface area contributed by atoms with Crippen LogP contribution in [0, 0.1) is 5.41 Å². The Hall–Kier alpha value is -0.650. The molecule has 0 bridgehead atoms. The van der Waals surface area contributed by atoms with Crippen molar-refractivity contribution in [1.82, 2.24) is 0 Å². The fourth-order valence-electron chi connectivity index (χ4n) is 2.75. The largest absolute Gasteiger partial charge is 0.392 e. The molecular formula is C15H18BrClN2OS. The summed E-state index contributed by atoms with van der Waals surface area (Å²) in [6.07, 6.45) is 5.66. The highest BCUT2D eigenvalue weighted by molar-refractivity contribution is 9.10. The van der Waals surface area contributed by atoms with Crippen LogP contribution < -0.4 is 11.1 Å². The van der Waals surface area contributed by atoms with E-state index in [0.717, 1.165) is 43.0 Å². The predicted octanol–water partition coefficient (Wildman–Crippen LogP) is 4.67. The molecule has 0 saturated heterocycles. The number of thiocarbonyl (C=S) groups is 1. The Balaban J connectivity index is 2.24. The van der Waals surface area contributed by atoms with E-state index >= 15 is 0 Å². The number of nitrogens with two attached hydrogens (primary N) is 1. The second-order valence-electron chi connectivity index (χ2n) is 5.44. The number of hydrogen-bond acceptors (Lipinski definition) is 2. The lowest BCUT2D eigenvalue weighted by molar-refractivity contribution is -0.122.